The van der Waals surface area contributed by atoms with E-state index in [1.807, 2.05) is 0 Å². The maximum Gasteiger partial charge on any atom is 0.387 e. The topological polar surface area (TPSA) is 55.4 Å². The van der Waals surface area contributed by atoms with E-state index in [1.54, 1.807) is 18.2 Å². The van der Waals surface area contributed by atoms with Crippen LogP contribution in [0.4, 0.5) is 8.78 Å². The predicted molar refractivity (Wildman–Crippen MR) is 71.6 cm³/mol. The lowest BCUT2D eigenvalue weighted by Crippen LogP contribution is -2.37. The van der Waals surface area contributed by atoms with Gasteiger partial charge < -0.3 is 10.1 Å². The number of hydrogen-bond donors (Lipinski definition) is 1. The summed E-state index contributed by atoms with van der Waals surface area (Å²) in [5.41, 5.74) is 0.640. The zero-order valence-electron chi connectivity index (χ0n) is 10.9. The largest absolute Gasteiger partial charge is 0.434 e. The minimum absolute atomic E-state index is 0.0955. The first-order valence-corrected chi connectivity index (χ1v) is 8.25. The number of ether oxygens (including phenoxy) is 1. The molecule has 1 saturated heterocycles. The van der Waals surface area contributed by atoms with Crippen LogP contribution in [0.15, 0.2) is 24.3 Å². The van der Waals surface area contributed by atoms with Crippen LogP contribution in [0.25, 0.3) is 0 Å². The second-order valence-corrected chi connectivity index (χ2v) is 7.10. The molecular weight excluding hydrogens is 288 g/mol. The number of rotatable bonds is 5. The molecule has 1 N–H and O–H groups in total. The van der Waals surface area contributed by atoms with Gasteiger partial charge in [-0.2, -0.15) is 8.78 Å². The minimum atomic E-state index is -2.89. The van der Waals surface area contributed by atoms with E-state index in [0.29, 0.717) is 24.9 Å². The van der Waals surface area contributed by atoms with Crippen molar-refractivity contribution in [3.05, 3.63) is 29.8 Å². The molecule has 1 aliphatic heterocycles. The number of alkyl halides is 2. The van der Waals surface area contributed by atoms with Crippen molar-refractivity contribution in [2.45, 2.75) is 32.0 Å². The van der Waals surface area contributed by atoms with Gasteiger partial charge >= 0.3 is 6.61 Å². The molecule has 0 amide bonds. The van der Waals surface area contributed by atoms with Crippen LogP contribution in [0.1, 0.15) is 18.4 Å². The molecule has 0 radical (unpaired) electrons. The van der Waals surface area contributed by atoms with E-state index >= 15 is 0 Å². The average Bonchev–Trinajstić information content (AvgIpc) is 2.38. The van der Waals surface area contributed by atoms with Gasteiger partial charge in [0.05, 0.1) is 11.5 Å². The van der Waals surface area contributed by atoms with Crippen molar-refractivity contribution in [1.82, 2.24) is 5.32 Å². The van der Waals surface area contributed by atoms with Crippen LogP contribution in [0.3, 0.4) is 0 Å². The average molecular weight is 305 g/mol. The first-order valence-electron chi connectivity index (χ1n) is 6.43. The van der Waals surface area contributed by atoms with Crippen LogP contribution in [-0.4, -0.2) is 32.6 Å². The number of nitrogens with one attached hydrogen (secondary N) is 1. The molecule has 0 bridgehead atoms. The Morgan fingerprint density at radius 3 is 2.55 bits per heavy atom. The highest BCUT2D eigenvalue weighted by atomic mass is 32.2. The molecule has 4 nitrogen and oxygen atoms in total. The zero-order chi connectivity index (χ0) is 14.6. The predicted octanol–water partition coefficient (Wildman–Crippen LogP) is 1.95. The molecule has 1 fully saturated rings. The monoisotopic (exact) mass is 305 g/mol. The van der Waals surface area contributed by atoms with Crippen molar-refractivity contribution < 1.29 is 21.9 Å². The van der Waals surface area contributed by atoms with E-state index in [4.69, 9.17) is 0 Å². The van der Waals surface area contributed by atoms with Gasteiger partial charge in [-0.15, -0.1) is 0 Å². The molecule has 0 unspecified atom stereocenters. The second-order valence-electron chi connectivity index (χ2n) is 4.79. The van der Waals surface area contributed by atoms with Crippen LogP contribution in [-0.2, 0) is 16.4 Å². The molecule has 2 rings (SSSR count). The summed E-state index contributed by atoms with van der Waals surface area (Å²) in [7, 11) is -2.89. The first kappa shape index (κ1) is 15.2. The first-order chi connectivity index (χ1) is 9.46. The Labute approximate surface area is 117 Å². The Hall–Kier alpha value is -1.21. The van der Waals surface area contributed by atoms with Gasteiger partial charge in [0.1, 0.15) is 15.6 Å². The van der Waals surface area contributed by atoms with Gasteiger partial charge in [-0.25, -0.2) is 8.42 Å². The summed E-state index contributed by atoms with van der Waals surface area (Å²) in [5.74, 6) is 0.512. The lowest BCUT2D eigenvalue weighted by Gasteiger charge is -2.23. The zero-order valence-corrected chi connectivity index (χ0v) is 11.7. The van der Waals surface area contributed by atoms with Gasteiger partial charge in [-0.3, -0.25) is 0 Å². The van der Waals surface area contributed by atoms with E-state index in [1.165, 1.54) is 6.07 Å². The second kappa shape index (κ2) is 6.49. The molecule has 20 heavy (non-hydrogen) atoms. The molecular formula is C13H17F2NO3S. The molecule has 0 aliphatic carbocycles. The standard InChI is InChI=1S/C13H17F2NO3S/c14-13(15)19-12-4-2-1-3-10(12)9-16-11-5-7-20(17,18)8-6-11/h1-4,11,13,16H,5-9H2. The molecule has 1 aromatic carbocycles. The van der Waals surface area contributed by atoms with Crippen LogP contribution >= 0.6 is 0 Å². The Kier molecular flexibility index (Phi) is 4.93. The third-order valence-electron chi connectivity index (χ3n) is 3.32. The van der Waals surface area contributed by atoms with Crippen molar-refractivity contribution in [3.63, 3.8) is 0 Å². The van der Waals surface area contributed by atoms with E-state index in [-0.39, 0.29) is 23.3 Å². The summed E-state index contributed by atoms with van der Waals surface area (Å²) in [5, 5.41) is 3.20. The van der Waals surface area contributed by atoms with Crippen LogP contribution in [0, 0.1) is 0 Å². The summed E-state index contributed by atoms with van der Waals surface area (Å²) in [6.07, 6.45) is 1.11. The molecule has 0 saturated carbocycles. The third kappa shape index (κ3) is 4.42. The van der Waals surface area contributed by atoms with Gasteiger partial charge in [-0.05, 0) is 18.9 Å². The highest BCUT2D eigenvalue weighted by molar-refractivity contribution is 7.91. The number of sulfone groups is 1. The fourth-order valence-electron chi connectivity index (χ4n) is 2.21. The SMILES string of the molecule is O=S1(=O)CCC(NCc2ccccc2OC(F)F)CC1. The molecule has 0 aromatic heterocycles. The van der Waals surface area contributed by atoms with Gasteiger partial charge in [0.15, 0.2) is 0 Å². The van der Waals surface area contributed by atoms with E-state index in [2.05, 4.69) is 10.1 Å². The molecule has 0 atom stereocenters. The highest BCUT2D eigenvalue weighted by Gasteiger charge is 2.23. The van der Waals surface area contributed by atoms with Crippen LogP contribution < -0.4 is 10.1 Å². The molecule has 112 valence electrons. The van der Waals surface area contributed by atoms with Crippen LogP contribution in [0.2, 0.25) is 0 Å². The van der Waals surface area contributed by atoms with E-state index in [9.17, 15) is 17.2 Å². The van der Waals surface area contributed by atoms with Crippen molar-refractivity contribution in [2.75, 3.05) is 11.5 Å². The Bertz CT molecular complexity index is 534. The van der Waals surface area contributed by atoms with Crippen molar-refractivity contribution >= 4 is 9.84 Å². The number of para-hydroxylation sites is 1. The van der Waals surface area contributed by atoms with Crippen LogP contribution in [0.5, 0.6) is 5.75 Å². The number of benzene rings is 1. The summed E-state index contributed by atoms with van der Waals surface area (Å²) in [6.45, 7) is -2.47. The van der Waals surface area contributed by atoms with Crippen molar-refractivity contribution in [3.8, 4) is 5.75 Å². The summed E-state index contributed by atoms with van der Waals surface area (Å²) >= 11 is 0. The Balaban J connectivity index is 1.91. The fourth-order valence-corrected chi connectivity index (χ4v) is 3.70. The number of hydrogen-bond acceptors (Lipinski definition) is 4. The number of halogens is 2. The smallest absolute Gasteiger partial charge is 0.387 e. The Morgan fingerprint density at radius 2 is 1.90 bits per heavy atom. The minimum Gasteiger partial charge on any atom is -0.434 e. The molecule has 7 heteroatoms. The van der Waals surface area contributed by atoms with Gasteiger partial charge in [0, 0.05) is 18.2 Å². The van der Waals surface area contributed by atoms with Crippen molar-refractivity contribution in [2.24, 2.45) is 0 Å². The molecule has 1 aliphatic rings. The lowest BCUT2D eigenvalue weighted by atomic mass is 10.1. The molecule has 1 aromatic rings. The third-order valence-corrected chi connectivity index (χ3v) is 5.04. The maximum atomic E-state index is 12.3. The molecule has 0 spiro atoms. The molecule has 1 heterocycles. The lowest BCUT2D eigenvalue weighted by molar-refractivity contribution is -0.0505. The van der Waals surface area contributed by atoms with Gasteiger partial charge in [0.2, 0.25) is 0 Å². The fraction of sp³-hybridized carbons (Fsp3) is 0.538. The summed E-state index contributed by atoms with van der Waals surface area (Å²) in [6, 6.07) is 6.69. The van der Waals surface area contributed by atoms with Gasteiger partial charge in [0.25, 0.3) is 0 Å². The Morgan fingerprint density at radius 1 is 1.25 bits per heavy atom. The summed E-state index contributed by atoms with van der Waals surface area (Å²) in [4.78, 5) is 0. The van der Waals surface area contributed by atoms with Crippen molar-refractivity contribution in [1.29, 1.82) is 0 Å². The summed E-state index contributed by atoms with van der Waals surface area (Å²) < 4.78 is 51.6. The van der Waals surface area contributed by atoms with E-state index < -0.39 is 16.4 Å². The normalized spacial score (nSPS) is 19.1. The quantitative estimate of drug-likeness (QED) is 0.903. The van der Waals surface area contributed by atoms with E-state index in [0.717, 1.165) is 0 Å². The maximum absolute atomic E-state index is 12.3. The highest BCUT2D eigenvalue weighted by Crippen LogP contribution is 2.21. The van der Waals surface area contributed by atoms with Gasteiger partial charge in [-0.1, -0.05) is 18.2 Å².